The summed E-state index contributed by atoms with van der Waals surface area (Å²) < 4.78 is 1.31. The Labute approximate surface area is 136 Å². The average Bonchev–Trinajstić information content (AvgIpc) is 2.93. The largest absolute Gasteiger partial charge is 0.481 e. The smallest absolute Gasteiger partial charge is 0.308 e. The highest BCUT2D eigenvalue weighted by Crippen LogP contribution is 2.18. The van der Waals surface area contributed by atoms with Gasteiger partial charge < -0.3 is 10.4 Å². The maximum atomic E-state index is 12.1. The van der Waals surface area contributed by atoms with Crippen molar-refractivity contribution < 1.29 is 19.6 Å². The minimum absolute atomic E-state index is 0.0269. The van der Waals surface area contributed by atoms with E-state index < -0.39 is 22.7 Å². The van der Waals surface area contributed by atoms with Crippen LogP contribution in [0.5, 0.6) is 0 Å². The zero-order valence-electron chi connectivity index (χ0n) is 13.0. The molecule has 10 heteroatoms. The average molecular weight is 333 g/mol. The summed E-state index contributed by atoms with van der Waals surface area (Å²) in [5.41, 5.74) is 0.700. The molecule has 2 aromatic rings. The number of rotatable bonds is 6. The summed E-state index contributed by atoms with van der Waals surface area (Å²) in [6.07, 6.45) is 0. The number of aromatic nitrogens is 3. The molecule has 0 aliphatic heterocycles. The summed E-state index contributed by atoms with van der Waals surface area (Å²) in [7, 11) is 0. The Morgan fingerprint density at radius 2 is 2.17 bits per heavy atom. The van der Waals surface area contributed by atoms with Crippen LogP contribution in [0.2, 0.25) is 0 Å². The first-order valence-electron chi connectivity index (χ1n) is 6.99. The van der Waals surface area contributed by atoms with E-state index in [0.29, 0.717) is 11.4 Å². The van der Waals surface area contributed by atoms with Crippen LogP contribution in [0.3, 0.4) is 0 Å². The zero-order chi connectivity index (χ0) is 17.9. The zero-order valence-corrected chi connectivity index (χ0v) is 13.0. The molecule has 0 aliphatic carbocycles. The minimum Gasteiger partial charge on any atom is -0.481 e. The Bertz CT molecular complexity index is 801. The van der Waals surface area contributed by atoms with Crippen molar-refractivity contribution in [3.05, 3.63) is 45.8 Å². The topological polar surface area (TPSA) is 140 Å². The third kappa shape index (κ3) is 3.54. The Hall–Kier alpha value is -3.30. The SMILES string of the molecule is Cc1c(C(=O)NCC(C)C(=O)O)nnn1-c1cccc([N+](=O)[O-])c1. The molecule has 1 unspecified atom stereocenters. The fraction of sp³-hybridized carbons (Fsp3) is 0.286. The number of aliphatic carboxylic acids is 1. The van der Waals surface area contributed by atoms with Crippen molar-refractivity contribution in [2.24, 2.45) is 5.92 Å². The number of nitrogens with zero attached hydrogens (tertiary/aromatic N) is 4. The van der Waals surface area contributed by atoms with Gasteiger partial charge in [0.05, 0.1) is 22.2 Å². The number of nitro benzene ring substituents is 1. The van der Waals surface area contributed by atoms with Crippen LogP contribution in [0.1, 0.15) is 23.1 Å². The van der Waals surface area contributed by atoms with Crippen molar-refractivity contribution in [2.75, 3.05) is 6.54 Å². The normalized spacial score (nSPS) is 11.8. The van der Waals surface area contributed by atoms with Gasteiger partial charge in [0.2, 0.25) is 0 Å². The maximum Gasteiger partial charge on any atom is 0.308 e. The highest BCUT2D eigenvalue weighted by atomic mass is 16.6. The number of carboxylic acid groups (broad SMARTS) is 1. The van der Waals surface area contributed by atoms with E-state index in [2.05, 4.69) is 15.6 Å². The predicted octanol–water partition coefficient (Wildman–Crippen LogP) is 0.934. The highest BCUT2D eigenvalue weighted by Gasteiger charge is 2.20. The summed E-state index contributed by atoms with van der Waals surface area (Å²) >= 11 is 0. The molecule has 0 saturated heterocycles. The molecular formula is C14H15N5O5. The lowest BCUT2D eigenvalue weighted by Gasteiger charge is -2.07. The van der Waals surface area contributed by atoms with Gasteiger partial charge in [0.1, 0.15) is 0 Å². The number of hydrogen-bond donors (Lipinski definition) is 2. The van der Waals surface area contributed by atoms with Crippen LogP contribution in [0.15, 0.2) is 24.3 Å². The van der Waals surface area contributed by atoms with Gasteiger partial charge in [0, 0.05) is 18.7 Å². The van der Waals surface area contributed by atoms with Crippen LogP contribution < -0.4 is 5.32 Å². The Balaban J connectivity index is 2.22. The first-order valence-corrected chi connectivity index (χ1v) is 6.99. The number of carbonyl (C=O) groups excluding carboxylic acids is 1. The summed E-state index contributed by atoms with van der Waals surface area (Å²) in [5, 5.41) is 29.7. The van der Waals surface area contributed by atoms with Gasteiger partial charge in [-0.15, -0.1) is 5.10 Å². The second-order valence-corrected chi connectivity index (χ2v) is 5.16. The maximum absolute atomic E-state index is 12.1. The monoisotopic (exact) mass is 333 g/mol. The second kappa shape index (κ2) is 6.86. The molecule has 0 aliphatic rings. The Morgan fingerprint density at radius 3 is 2.79 bits per heavy atom. The van der Waals surface area contributed by atoms with Crippen molar-refractivity contribution in [1.29, 1.82) is 0 Å². The van der Waals surface area contributed by atoms with Crippen molar-refractivity contribution in [3.63, 3.8) is 0 Å². The number of carbonyl (C=O) groups is 2. The molecule has 0 bridgehead atoms. The molecule has 1 aromatic heterocycles. The Kier molecular flexibility index (Phi) is 4.87. The molecule has 0 saturated carbocycles. The molecule has 0 fully saturated rings. The third-order valence-electron chi connectivity index (χ3n) is 3.39. The number of non-ortho nitro benzene ring substituents is 1. The van der Waals surface area contributed by atoms with Crippen molar-refractivity contribution in [1.82, 2.24) is 20.3 Å². The standard InChI is InChI=1S/C14H15N5O5/c1-8(14(21)22)7-15-13(20)12-9(2)18(17-16-12)10-4-3-5-11(6-10)19(23)24/h3-6,8H,7H2,1-2H3,(H,15,20)(H,21,22). The van der Waals surface area contributed by atoms with Crippen LogP contribution >= 0.6 is 0 Å². The van der Waals surface area contributed by atoms with Gasteiger partial charge in [-0.3, -0.25) is 19.7 Å². The van der Waals surface area contributed by atoms with Crippen molar-refractivity contribution in [2.45, 2.75) is 13.8 Å². The van der Waals surface area contributed by atoms with Gasteiger partial charge >= 0.3 is 5.97 Å². The summed E-state index contributed by atoms with van der Waals surface area (Å²) in [6.45, 7) is 3.01. The number of hydrogen-bond acceptors (Lipinski definition) is 6. The molecule has 0 radical (unpaired) electrons. The number of carboxylic acids is 1. The van der Waals surface area contributed by atoms with Crippen LogP contribution in [-0.4, -0.2) is 43.4 Å². The van der Waals surface area contributed by atoms with E-state index in [1.165, 1.54) is 29.8 Å². The quantitative estimate of drug-likeness (QED) is 0.592. The molecule has 1 atom stereocenters. The van der Waals surface area contributed by atoms with Crippen LogP contribution in [-0.2, 0) is 4.79 Å². The predicted molar refractivity (Wildman–Crippen MR) is 81.9 cm³/mol. The summed E-state index contributed by atoms with van der Waals surface area (Å²) in [4.78, 5) is 33.1. The van der Waals surface area contributed by atoms with Gasteiger partial charge in [0.25, 0.3) is 11.6 Å². The summed E-state index contributed by atoms with van der Waals surface area (Å²) in [5.74, 6) is -2.31. The highest BCUT2D eigenvalue weighted by molar-refractivity contribution is 5.93. The number of amides is 1. The number of nitro groups is 1. The molecule has 24 heavy (non-hydrogen) atoms. The van der Waals surface area contributed by atoms with Crippen LogP contribution in [0.25, 0.3) is 5.69 Å². The lowest BCUT2D eigenvalue weighted by molar-refractivity contribution is -0.384. The van der Waals surface area contributed by atoms with Crippen LogP contribution in [0.4, 0.5) is 5.69 Å². The van der Waals surface area contributed by atoms with E-state index in [0.717, 1.165) is 0 Å². The van der Waals surface area contributed by atoms with Gasteiger partial charge in [-0.05, 0) is 13.0 Å². The van der Waals surface area contributed by atoms with Gasteiger partial charge in [-0.25, -0.2) is 4.68 Å². The van der Waals surface area contributed by atoms with Gasteiger partial charge in [-0.2, -0.15) is 0 Å². The van der Waals surface area contributed by atoms with E-state index in [-0.39, 0.29) is 17.9 Å². The molecule has 10 nitrogen and oxygen atoms in total. The molecule has 1 heterocycles. The van der Waals surface area contributed by atoms with Crippen molar-refractivity contribution in [3.8, 4) is 5.69 Å². The van der Waals surface area contributed by atoms with E-state index in [4.69, 9.17) is 5.11 Å². The van der Waals surface area contributed by atoms with Gasteiger partial charge in [-0.1, -0.05) is 18.2 Å². The molecule has 2 N–H and O–H groups in total. The molecule has 126 valence electrons. The minimum atomic E-state index is -1.02. The molecule has 1 aromatic carbocycles. The number of nitrogens with one attached hydrogen (secondary N) is 1. The van der Waals surface area contributed by atoms with Gasteiger partial charge in [0.15, 0.2) is 5.69 Å². The third-order valence-corrected chi connectivity index (χ3v) is 3.39. The molecule has 2 rings (SSSR count). The lowest BCUT2D eigenvalue weighted by Crippen LogP contribution is -2.32. The molecule has 1 amide bonds. The lowest BCUT2D eigenvalue weighted by atomic mass is 10.2. The first-order chi connectivity index (χ1) is 11.3. The van der Waals surface area contributed by atoms with Crippen LogP contribution in [0, 0.1) is 23.0 Å². The van der Waals surface area contributed by atoms with E-state index in [1.54, 1.807) is 13.0 Å². The molecule has 0 spiro atoms. The molecular weight excluding hydrogens is 318 g/mol. The van der Waals surface area contributed by atoms with Crippen molar-refractivity contribution >= 4 is 17.6 Å². The fourth-order valence-corrected chi connectivity index (χ4v) is 1.94. The Morgan fingerprint density at radius 1 is 1.46 bits per heavy atom. The second-order valence-electron chi connectivity index (χ2n) is 5.16. The summed E-state index contributed by atoms with van der Waals surface area (Å²) in [6, 6.07) is 5.76. The van der Waals surface area contributed by atoms with E-state index >= 15 is 0 Å². The van der Waals surface area contributed by atoms with E-state index in [1.807, 2.05) is 0 Å². The van der Waals surface area contributed by atoms with E-state index in [9.17, 15) is 19.7 Å². The first kappa shape index (κ1) is 17.1. The fourth-order valence-electron chi connectivity index (χ4n) is 1.94. The number of benzene rings is 1.